The normalized spacial score (nSPS) is 11.7. The minimum atomic E-state index is -0.558. The number of fused-ring (bicyclic) bond motifs is 1. The molecule has 0 fully saturated rings. The van der Waals surface area contributed by atoms with Gasteiger partial charge in [0.15, 0.2) is 0 Å². The number of nitrogens with zero attached hydrogens (tertiary/aromatic N) is 4. The summed E-state index contributed by atoms with van der Waals surface area (Å²) in [7, 11) is 1.56. The largest absolute Gasteiger partial charge is 0.497 e. The molecule has 0 bridgehead atoms. The number of nitrogens with one attached hydrogen (secondary N) is 2. The zero-order chi connectivity index (χ0) is 20.4. The first-order valence-electron chi connectivity index (χ1n) is 9.22. The van der Waals surface area contributed by atoms with Crippen LogP contribution >= 0.6 is 0 Å². The Morgan fingerprint density at radius 2 is 2.11 bits per heavy atom. The summed E-state index contributed by atoms with van der Waals surface area (Å²) in [6, 6.07) is 5.19. The number of amides is 2. The molecule has 0 saturated carbocycles. The fraction of sp³-hybridized carbons (Fsp3) is 0.500. The molecule has 0 radical (unpaired) electrons. The van der Waals surface area contributed by atoms with Crippen molar-refractivity contribution in [2.24, 2.45) is 5.92 Å². The van der Waals surface area contributed by atoms with Crippen molar-refractivity contribution in [3.05, 3.63) is 18.2 Å². The first-order chi connectivity index (χ1) is 13.6. The van der Waals surface area contributed by atoms with Crippen LogP contribution in [0.5, 0.6) is 5.75 Å². The summed E-state index contributed by atoms with van der Waals surface area (Å²) >= 11 is 0. The highest BCUT2D eigenvalue weighted by atomic mass is 16.5. The van der Waals surface area contributed by atoms with Gasteiger partial charge in [0, 0.05) is 6.07 Å². The number of carbonyl (C=O) groups is 2. The molecule has 0 aliphatic rings. The predicted octanol–water partition coefficient (Wildman–Crippen LogP) is 1.91. The van der Waals surface area contributed by atoms with Crippen molar-refractivity contribution < 1.29 is 19.5 Å². The standard InChI is InChI=1S/C18H26N6O4/c1-3-4-5-6-7-13(11-24(27)12-25)17(26)21-23-18-19-15-9-8-14(28-2)10-16(15)20-22-18/h8-10,12-13,27H,3-7,11H2,1-2H3,(H,21,26)(H,19,22,23)/t13-/m0/s1. The van der Waals surface area contributed by atoms with Gasteiger partial charge in [0.2, 0.25) is 12.3 Å². The van der Waals surface area contributed by atoms with Gasteiger partial charge in [-0.2, -0.15) is 0 Å². The lowest BCUT2D eigenvalue weighted by Gasteiger charge is -2.19. The molecule has 0 aliphatic carbocycles. The maximum absolute atomic E-state index is 12.5. The lowest BCUT2D eigenvalue weighted by atomic mass is 10.00. The van der Waals surface area contributed by atoms with Gasteiger partial charge in [0.25, 0.3) is 5.95 Å². The number of hydrazine groups is 1. The molecule has 1 aromatic heterocycles. The maximum atomic E-state index is 12.5. The molecule has 10 nitrogen and oxygen atoms in total. The Balaban J connectivity index is 1.97. The summed E-state index contributed by atoms with van der Waals surface area (Å²) in [5.41, 5.74) is 6.31. The van der Waals surface area contributed by atoms with E-state index in [0.29, 0.717) is 28.3 Å². The Kier molecular flexibility index (Phi) is 8.35. The number of benzene rings is 1. The monoisotopic (exact) mass is 390 g/mol. The lowest BCUT2D eigenvalue weighted by Crippen LogP contribution is -2.40. The smallest absolute Gasteiger partial charge is 0.262 e. The summed E-state index contributed by atoms with van der Waals surface area (Å²) in [5, 5.41) is 17.9. The molecule has 28 heavy (non-hydrogen) atoms. The fourth-order valence-electron chi connectivity index (χ4n) is 2.71. The fourth-order valence-corrected chi connectivity index (χ4v) is 2.71. The Morgan fingerprint density at radius 3 is 2.82 bits per heavy atom. The molecule has 1 heterocycles. The molecule has 2 aromatic rings. The van der Waals surface area contributed by atoms with Gasteiger partial charge < -0.3 is 4.74 Å². The number of methoxy groups -OCH3 is 1. The number of ether oxygens (including phenoxy) is 1. The minimum Gasteiger partial charge on any atom is -0.497 e. The number of unbranched alkanes of at least 4 members (excludes halogenated alkanes) is 3. The van der Waals surface area contributed by atoms with Crippen LogP contribution in [0.4, 0.5) is 5.95 Å². The number of hydroxylamine groups is 2. The lowest BCUT2D eigenvalue weighted by molar-refractivity contribution is -0.154. The van der Waals surface area contributed by atoms with Crippen LogP contribution in [0.25, 0.3) is 11.0 Å². The van der Waals surface area contributed by atoms with Gasteiger partial charge in [0.1, 0.15) is 11.3 Å². The van der Waals surface area contributed by atoms with Crippen LogP contribution in [0.2, 0.25) is 0 Å². The van der Waals surface area contributed by atoms with E-state index >= 15 is 0 Å². The van der Waals surface area contributed by atoms with Crippen LogP contribution in [0.1, 0.15) is 39.0 Å². The second kappa shape index (κ2) is 11.0. The molecule has 0 unspecified atom stereocenters. The summed E-state index contributed by atoms with van der Waals surface area (Å²) in [5.74, 6) is -0.146. The van der Waals surface area contributed by atoms with Crippen LogP contribution in [-0.4, -0.2) is 51.4 Å². The van der Waals surface area contributed by atoms with Crippen molar-refractivity contribution in [3.63, 3.8) is 0 Å². The van der Waals surface area contributed by atoms with E-state index < -0.39 is 5.92 Å². The highest BCUT2D eigenvalue weighted by Crippen LogP contribution is 2.17. The number of hydrogen-bond donors (Lipinski definition) is 3. The van der Waals surface area contributed by atoms with Crippen LogP contribution in [0.15, 0.2) is 18.2 Å². The van der Waals surface area contributed by atoms with Crippen LogP contribution in [0.3, 0.4) is 0 Å². The molecule has 0 spiro atoms. The van der Waals surface area contributed by atoms with Gasteiger partial charge in [-0.3, -0.25) is 25.6 Å². The summed E-state index contributed by atoms with van der Waals surface area (Å²) in [6.07, 6.45) is 4.80. The maximum Gasteiger partial charge on any atom is 0.262 e. The highest BCUT2D eigenvalue weighted by Gasteiger charge is 2.21. The average Bonchev–Trinajstić information content (AvgIpc) is 2.73. The third kappa shape index (κ3) is 6.31. The van der Waals surface area contributed by atoms with Gasteiger partial charge >= 0.3 is 0 Å². The second-order valence-electron chi connectivity index (χ2n) is 6.38. The Hall–Kier alpha value is -3.01. The number of rotatable bonds is 12. The molecule has 0 saturated heterocycles. The highest BCUT2D eigenvalue weighted by molar-refractivity contribution is 5.80. The molecule has 1 aromatic carbocycles. The van der Waals surface area contributed by atoms with Crippen molar-refractivity contribution in [3.8, 4) is 5.75 Å². The number of hydrogen-bond acceptors (Lipinski definition) is 8. The van der Waals surface area contributed by atoms with E-state index in [1.54, 1.807) is 25.3 Å². The SMILES string of the molecule is CCCCCC[C@@H](CN(O)C=O)C(=O)NNc1nnc2cc(OC)ccc2n1. The quantitative estimate of drug-likeness (QED) is 0.217. The Labute approximate surface area is 163 Å². The van der Waals surface area contributed by atoms with E-state index in [1.807, 2.05) is 0 Å². The molecule has 1 atom stereocenters. The molecule has 2 amide bonds. The minimum absolute atomic E-state index is 0.0836. The van der Waals surface area contributed by atoms with Crippen LogP contribution < -0.4 is 15.6 Å². The first kappa shape index (κ1) is 21.3. The Bertz CT molecular complexity index is 788. The average molecular weight is 390 g/mol. The van der Waals surface area contributed by atoms with Crippen molar-refractivity contribution in [2.75, 3.05) is 19.1 Å². The van der Waals surface area contributed by atoms with E-state index in [0.717, 1.165) is 25.7 Å². The van der Waals surface area contributed by atoms with Gasteiger partial charge in [-0.25, -0.2) is 10.0 Å². The van der Waals surface area contributed by atoms with E-state index in [4.69, 9.17) is 4.74 Å². The first-order valence-corrected chi connectivity index (χ1v) is 9.22. The number of carbonyl (C=O) groups excluding carboxylic acids is 2. The molecule has 2 rings (SSSR count). The number of anilines is 1. The van der Waals surface area contributed by atoms with Crippen LogP contribution in [-0.2, 0) is 9.59 Å². The van der Waals surface area contributed by atoms with Gasteiger partial charge in [-0.1, -0.05) is 32.6 Å². The van der Waals surface area contributed by atoms with Crippen molar-refractivity contribution in [2.45, 2.75) is 39.0 Å². The van der Waals surface area contributed by atoms with Crippen LogP contribution in [0, 0.1) is 5.92 Å². The zero-order valence-electron chi connectivity index (χ0n) is 16.1. The van der Waals surface area contributed by atoms with Gasteiger partial charge in [-0.05, 0) is 18.6 Å². The zero-order valence-corrected chi connectivity index (χ0v) is 16.1. The van der Waals surface area contributed by atoms with Crippen molar-refractivity contribution >= 4 is 29.3 Å². The van der Waals surface area contributed by atoms with E-state index in [-0.39, 0.29) is 24.8 Å². The van der Waals surface area contributed by atoms with Crippen molar-refractivity contribution in [1.29, 1.82) is 0 Å². The second-order valence-corrected chi connectivity index (χ2v) is 6.38. The predicted molar refractivity (Wildman–Crippen MR) is 102 cm³/mol. The molecular weight excluding hydrogens is 364 g/mol. The Morgan fingerprint density at radius 1 is 1.29 bits per heavy atom. The third-order valence-electron chi connectivity index (χ3n) is 4.26. The van der Waals surface area contributed by atoms with Crippen molar-refractivity contribution in [1.82, 2.24) is 25.7 Å². The van der Waals surface area contributed by atoms with E-state index in [9.17, 15) is 14.8 Å². The van der Waals surface area contributed by atoms with E-state index in [2.05, 4.69) is 33.0 Å². The molecule has 152 valence electrons. The third-order valence-corrected chi connectivity index (χ3v) is 4.26. The van der Waals surface area contributed by atoms with Gasteiger partial charge in [0.05, 0.1) is 25.1 Å². The molecule has 3 N–H and O–H groups in total. The summed E-state index contributed by atoms with van der Waals surface area (Å²) in [4.78, 5) is 27.4. The molecule has 10 heteroatoms. The summed E-state index contributed by atoms with van der Waals surface area (Å²) in [6.45, 7) is 2.02. The van der Waals surface area contributed by atoms with E-state index in [1.165, 1.54) is 0 Å². The molecule has 0 aliphatic heterocycles. The topological polar surface area (TPSA) is 130 Å². The number of aromatic nitrogens is 3. The molecular formula is C18H26N6O4. The van der Waals surface area contributed by atoms with Gasteiger partial charge in [-0.15, -0.1) is 10.2 Å². The summed E-state index contributed by atoms with van der Waals surface area (Å²) < 4.78 is 5.13.